The van der Waals surface area contributed by atoms with Crippen LogP contribution >= 0.6 is 38.9 Å². The van der Waals surface area contributed by atoms with Crippen molar-refractivity contribution in [2.24, 2.45) is 5.92 Å². The molecule has 0 unspecified atom stereocenters. The van der Waals surface area contributed by atoms with Gasteiger partial charge < -0.3 is 9.84 Å². The van der Waals surface area contributed by atoms with E-state index >= 15 is 0 Å². The van der Waals surface area contributed by atoms with E-state index in [4.69, 9.17) is 16.3 Å². The molecular formula is C18H19BrClNO3S. The number of aliphatic carboxylic acids is 1. The fourth-order valence-corrected chi connectivity index (χ4v) is 5.03. The van der Waals surface area contributed by atoms with Gasteiger partial charge in [0.05, 0.1) is 32.6 Å². The summed E-state index contributed by atoms with van der Waals surface area (Å²) >= 11 is 11.1. The minimum atomic E-state index is -0.727. The molecule has 1 saturated carbocycles. The Labute approximate surface area is 164 Å². The molecule has 1 aliphatic rings. The molecule has 2 heterocycles. The highest BCUT2D eigenvalue weighted by Gasteiger charge is 2.28. The molecule has 0 bridgehead atoms. The SMILES string of the molecule is Cc1nc(-c2sc(Cl)cc2CBr)ccc1O[C@H]1CCC[C@H](C(=O)O)C1. The summed E-state index contributed by atoms with van der Waals surface area (Å²) in [4.78, 5) is 16.9. The zero-order chi connectivity index (χ0) is 18.0. The average Bonchev–Trinajstić information content (AvgIpc) is 2.98. The second-order valence-corrected chi connectivity index (χ2v) is 8.50. The summed E-state index contributed by atoms with van der Waals surface area (Å²) in [5, 5.41) is 9.93. The fourth-order valence-electron chi connectivity index (χ4n) is 3.17. The number of hydrogen-bond acceptors (Lipinski definition) is 4. The van der Waals surface area contributed by atoms with Gasteiger partial charge >= 0.3 is 5.97 Å². The van der Waals surface area contributed by atoms with Gasteiger partial charge in [-0.3, -0.25) is 4.79 Å². The summed E-state index contributed by atoms with van der Waals surface area (Å²) in [7, 11) is 0. The summed E-state index contributed by atoms with van der Waals surface area (Å²) in [5.41, 5.74) is 2.80. The lowest BCUT2D eigenvalue weighted by Crippen LogP contribution is -2.29. The van der Waals surface area contributed by atoms with Gasteiger partial charge in [0.2, 0.25) is 0 Å². The number of pyridine rings is 1. The topological polar surface area (TPSA) is 59.4 Å². The number of nitrogens with zero attached hydrogens (tertiary/aromatic N) is 1. The van der Waals surface area contributed by atoms with E-state index < -0.39 is 5.97 Å². The summed E-state index contributed by atoms with van der Waals surface area (Å²) in [6.45, 7) is 1.92. The van der Waals surface area contributed by atoms with Crippen LogP contribution in [0.25, 0.3) is 10.6 Å². The van der Waals surface area contributed by atoms with Crippen molar-refractivity contribution < 1.29 is 14.6 Å². The van der Waals surface area contributed by atoms with Crippen LogP contribution in [0.5, 0.6) is 5.75 Å². The highest BCUT2D eigenvalue weighted by atomic mass is 79.9. The molecule has 0 aliphatic heterocycles. The Kier molecular flexibility index (Phi) is 6.02. The third kappa shape index (κ3) is 4.36. The van der Waals surface area contributed by atoms with Gasteiger partial charge in [0.25, 0.3) is 0 Å². The molecule has 2 atom stereocenters. The summed E-state index contributed by atoms with van der Waals surface area (Å²) < 4.78 is 6.80. The van der Waals surface area contributed by atoms with Gasteiger partial charge in [0.1, 0.15) is 5.75 Å². The Hall–Kier alpha value is -1.11. The van der Waals surface area contributed by atoms with E-state index in [9.17, 15) is 9.90 Å². The van der Waals surface area contributed by atoms with E-state index in [1.54, 1.807) is 0 Å². The molecule has 4 nitrogen and oxygen atoms in total. The fraction of sp³-hybridized carbons (Fsp3) is 0.444. The van der Waals surface area contributed by atoms with E-state index in [1.165, 1.54) is 11.3 Å². The van der Waals surface area contributed by atoms with Crippen molar-refractivity contribution in [3.05, 3.63) is 33.8 Å². The molecule has 1 N–H and O–H groups in total. The molecule has 134 valence electrons. The molecule has 2 aromatic rings. The number of ether oxygens (including phenoxy) is 1. The first-order valence-electron chi connectivity index (χ1n) is 8.19. The van der Waals surface area contributed by atoms with Crippen molar-refractivity contribution in [1.82, 2.24) is 4.98 Å². The quantitative estimate of drug-likeness (QED) is 0.602. The first kappa shape index (κ1) is 18.7. The highest BCUT2D eigenvalue weighted by molar-refractivity contribution is 9.08. The minimum Gasteiger partial charge on any atom is -0.489 e. The van der Waals surface area contributed by atoms with Gasteiger partial charge in [-0.05, 0) is 56.4 Å². The lowest BCUT2D eigenvalue weighted by molar-refractivity contribution is -0.143. The molecule has 25 heavy (non-hydrogen) atoms. The summed E-state index contributed by atoms with van der Waals surface area (Å²) in [5.74, 6) is -0.306. The number of hydrogen-bond donors (Lipinski definition) is 1. The molecule has 2 aromatic heterocycles. The van der Waals surface area contributed by atoms with Gasteiger partial charge in [-0.25, -0.2) is 4.98 Å². The molecule has 0 amide bonds. The number of rotatable bonds is 5. The van der Waals surface area contributed by atoms with E-state index in [-0.39, 0.29) is 12.0 Å². The molecule has 0 saturated heterocycles. The normalized spacial score (nSPS) is 20.4. The number of carboxylic acids is 1. The van der Waals surface area contributed by atoms with Crippen molar-refractivity contribution in [3.8, 4) is 16.3 Å². The number of carbonyl (C=O) groups is 1. The van der Waals surface area contributed by atoms with Crippen LogP contribution in [-0.4, -0.2) is 22.2 Å². The number of carboxylic acid groups (broad SMARTS) is 1. The standard InChI is InChI=1S/C18H19BrClNO3S/c1-10-15(24-13-4-2-3-11(7-13)18(22)23)6-5-14(21-10)17-12(9-19)8-16(20)25-17/h5-6,8,11,13H,2-4,7,9H2,1H3,(H,22,23)/t11-,13-/m0/s1. The van der Waals surface area contributed by atoms with Gasteiger partial charge in [-0.1, -0.05) is 27.5 Å². The predicted octanol–water partition coefficient (Wildman–Crippen LogP) is 5.69. The van der Waals surface area contributed by atoms with Crippen molar-refractivity contribution in [1.29, 1.82) is 0 Å². The molecular weight excluding hydrogens is 426 g/mol. The van der Waals surface area contributed by atoms with Crippen LogP contribution in [0.2, 0.25) is 4.34 Å². The largest absolute Gasteiger partial charge is 0.489 e. The van der Waals surface area contributed by atoms with Crippen LogP contribution in [0.4, 0.5) is 0 Å². The van der Waals surface area contributed by atoms with Gasteiger partial charge in [0.15, 0.2) is 0 Å². The van der Waals surface area contributed by atoms with E-state index in [0.29, 0.717) is 6.42 Å². The number of thiophene rings is 1. The second kappa shape index (κ2) is 8.06. The van der Waals surface area contributed by atoms with Crippen molar-refractivity contribution in [2.45, 2.75) is 44.0 Å². The Morgan fingerprint density at radius 2 is 2.28 bits per heavy atom. The first-order valence-corrected chi connectivity index (χ1v) is 10.5. The number of alkyl halides is 1. The molecule has 1 fully saturated rings. The first-order chi connectivity index (χ1) is 12.0. The zero-order valence-electron chi connectivity index (χ0n) is 13.8. The number of aryl methyl sites for hydroxylation is 1. The van der Waals surface area contributed by atoms with Gasteiger partial charge in [-0.2, -0.15) is 0 Å². The van der Waals surface area contributed by atoms with E-state index in [2.05, 4.69) is 20.9 Å². The van der Waals surface area contributed by atoms with Gasteiger partial charge in [0, 0.05) is 5.33 Å². The summed E-state index contributed by atoms with van der Waals surface area (Å²) in [6, 6.07) is 5.81. The Morgan fingerprint density at radius 1 is 1.48 bits per heavy atom. The maximum atomic E-state index is 11.2. The Morgan fingerprint density at radius 3 is 2.96 bits per heavy atom. The summed E-state index contributed by atoms with van der Waals surface area (Å²) in [6.07, 6.45) is 3.01. The minimum absolute atomic E-state index is 0.0597. The van der Waals surface area contributed by atoms with Crippen molar-refractivity contribution in [2.75, 3.05) is 0 Å². The molecule has 0 spiro atoms. The van der Waals surface area contributed by atoms with Crippen LogP contribution in [0.15, 0.2) is 18.2 Å². The lowest BCUT2D eigenvalue weighted by Gasteiger charge is -2.27. The van der Waals surface area contributed by atoms with Crippen molar-refractivity contribution >= 4 is 44.8 Å². The van der Waals surface area contributed by atoms with Crippen LogP contribution in [0.3, 0.4) is 0 Å². The van der Waals surface area contributed by atoms with Crippen LogP contribution < -0.4 is 4.74 Å². The molecule has 7 heteroatoms. The zero-order valence-corrected chi connectivity index (χ0v) is 17.0. The second-order valence-electron chi connectivity index (χ2n) is 6.26. The van der Waals surface area contributed by atoms with E-state index in [0.717, 1.165) is 56.5 Å². The number of aromatic nitrogens is 1. The Bertz CT molecular complexity index is 780. The van der Waals surface area contributed by atoms with Crippen LogP contribution in [0.1, 0.15) is 36.9 Å². The van der Waals surface area contributed by atoms with Crippen LogP contribution in [0, 0.1) is 12.8 Å². The van der Waals surface area contributed by atoms with E-state index in [1.807, 2.05) is 25.1 Å². The predicted molar refractivity (Wildman–Crippen MR) is 104 cm³/mol. The van der Waals surface area contributed by atoms with Crippen LogP contribution in [-0.2, 0) is 10.1 Å². The number of halogens is 2. The highest BCUT2D eigenvalue weighted by Crippen LogP contribution is 2.37. The third-order valence-electron chi connectivity index (χ3n) is 4.46. The smallest absolute Gasteiger partial charge is 0.306 e. The maximum Gasteiger partial charge on any atom is 0.306 e. The third-order valence-corrected chi connectivity index (χ3v) is 6.39. The molecule has 0 aromatic carbocycles. The molecule has 3 rings (SSSR count). The average molecular weight is 445 g/mol. The lowest BCUT2D eigenvalue weighted by atomic mass is 9.87. The Balaban J connectivity index is 1.77. The van der Waals surface area contributed by atoms with Gasteiger partial charge in [-0.15, -0.1) is 11.3 Å². The molecule has 0 radical (unpaired) electrons. The monoisotopic (exact) mass is 443 g/mol. The maximum absolute atomic E-state index is 11.2. The molecule has 1 aliphatic carbocycles. The van der Waals surface area contributed by atoms with Crippen molar-refractivity contribution in [3.63, 3.8) is 0 Å².